The third-order valence-corrected chi connectivity index (χ3v) is 6.00. The van der Waals surface area contributed by atoms with Crippen molar-refractivity contribution in [2.75, 3.05) is 0 Å². The largest absolute Gasteiger partial charge is 0.506 e. The van der Waals surface area contributed by atoms with E-state index in [-0.39, 0.29) is 17.1 Å². The minimum atomic E-state index is -0.516. The highest BCUT2D eigenvalue weighted by atomic mass is 35.5. The third-order valence-electron chi connectivity index (χ3n) is 5.74. The van der Waals surface area contributed by atoms with E-state index in [0.29, 0.717) is 5.02 Å². The van der Waals surface area contributed by atoms with Crippen molar-refractivity contribution < 1.29 is 10.0 Å². The van der Waals surface area contributed by atoms with Crippen LogP contribution >= 0.6 is 11.6 Å². The first kappa shape index (κ1) is 23.1. The minimum absolute atomic E-state index is 0.115. The van der Waals surface area contributed by atoms with Gasteiger partial charge >= 0.3 is 0 Å². The smallest absolute Gasteiger partial charge is 0.271 e. The molecule has 36 heavy (non-hydrogen) atoms. The average molecular weight is 494 g/mol. The van der Waals surface area contributed by atoms with Crippen LogP contribution in [0.4, 0.5) is 11.4 Å². The number of halogens is 1. The summed E-state index contributed by atoms with van der Waals surface area (Å²) in [6.07, 6.45) is 1.62. The fraction of sp³-hybridized carbons (Fsp3) is 0. The lowest BCUT2D eigenvalue weighted by Gasteiger charge is -2.15. The number of benzene rings is 4. The molecule has 0 atom stereocenters. The predicted octanol–water partition coefficient (Wildman–Crippen LogP) is 7.83. The van der Waals surface area contributed by atoms with Gasteiger partial charge < -0.3 is 9.67 Å². The molecule has 0 aliphatic rings. The number of nitro groups is 1. The second-order valence-electron chi connectivity index (χ2n) is 8.07. The number of non-ortho nitro benzene ring substituents is 1. The molecule has 1 N–H and O–H groups in total. The molecule has 0 saturated heterocycles. The molecule has 1 aromatic heterocycles. The van der Waals surface area contributed by atoms with E-state index in [4.69, 9.17) is 11.6 Å². The lowest BCUT2D eigenvalue weighted by atomic mass is 10.1. The number of hydrogen-bond donors (Lipinski definition) is 1. The van der Waals surface area contributed by atoms with E-state index in [2.05, 4.69) is 9.56 Å². The van der Waals surface area contributed by atoms with E-state index in [1.165, 1.54) is 18.2 Å². The molecule has 0 bridgehead atoms. The van der Waals surface area contributed by atoms with Gasteiger partial charge in [-0.3, -0.25) is 15.1 Å². The van der Waals surface area contributed by atoms with Gasteiger partial charge in [-0.05, 0) is 47.5 Å². The molecule has 0 fully saturated rings. The highest BCUT2D eigenvalue weighted by molar-refractivity contribution is 6.30. The summed E-state index contributed by atoms with van der Waals surface area (Å²) in [7, 11) is 0. The number of phenolic OH excluding ortho intramolecular Hbond substituents is 1. The summed E-state index contributed by atoms with van der Waals surface area (Å²) in [5, 5.41) is 22.1. The number of aromatic nitrogens is 1. The van der Waals surface area contributed by atoms with Crippen LogP contribution in [0.3, 0.4) is 0 Å². The van der Waals surface area contributed by atoms with Crippen molar-refractivity contribution in [1.82, 2.24) is 4.57 Å². The molecule has 4 aromatic carbocycles. The summed E-state index contributed by atoms with van der Waals surface area (Å²) in [5.74, 6) is -0.140. The Balaban J connectivity index is 1.76. The lowest BCUT2D eigenvalue weighted by molar-refractivity contribution is -0.384. The number of nitro benzene ring substituents is 1. The monoisotopic (exact) mass is 493 g/mol. The summed E-state index contributed by atoms with van der Waals surface area (Å²) < 4.78 is 2.13. The number of hydrogen-bond acceptors (Lipinski definition) is 4. The molecule has 0 aliphatic heterocycles. The van der Waals surface area contributed by atoms with Gasteiger partial charge in [-0.25, -0.2) is 0 Å². The van der Waals surface area contributed by atoms with Gasteiger partial charge in [0.05, 0.1) is 16.3 Å². The number of aromatic hydroxyl groups is 1. The second kappa shape index (κ2) is 9.90. The number of rotatable bonds is 6. The Labute approximate surface area is 212 Å². The molecule has 176 valence electrons. The van der Waals surface area contributed by atoms with E-state index in [9.17, 15) is 15.2 Å². The zero-order valence-electron chi connectivity index (χ0n) is 19.0. The first-order valence-electron chi connectivity index (χ1n) is 11.2. The van der Waals surface area contributed by atoms with Crippen molar-refractivity contribution in [3.8, 4) is 34.0 Å². The van der Waals surface area contributed by atoms with E-state index in [1.54, 1.807) is 6.21 Å². The van der Waals surface area contributed by atoms with Crippen molar-refractivity contribution >= 4 is 29.2 Å². The standard InChI is InChI=1S/C29H20ClN3O3/c30-23-11-13-24(14-12-23)32-27(20-7-3-1-4-8-20)17-22(29(32)21-9-5-2-6-10-21)19-31-26-18-25(33(35)36)15-16-28(26)34/h1-19,34H. The van der Waals surface area contributed by atoms with Gasteiger partial charge in [0.25, 0.3) is 5.69 Å². The van der Waals surface area contributed by atoms with Crippen molar-refractivity contribution in [2.45, 2.75) is 0 Å². The van der Waals surface area contributed by atoms with E-state index < -0.39 is 4.92 Å². The third kappa shape index (κ3) is 4.62. The molecule has 5 rings (SSSR count). The summed E-state index contributed by atoms with van der Waals surface area (Å²) in [6, 6.07) is 33.3. The van der Waals surface area contributed by atoms with Gasteiger partial charge in [0.15, 0.2) is 0 Å². The Morgan fingerprint density at radius 1 is 0.833 bits per heavy atom. The van der Waals surface area contributed by atoms with Crippen LogP contribution in [0.2, 0.25) is 5.02 Å². The maximum absolute atomic E-state index is 11.2. The van der Waals surface area contributed by atoms with E-state index in [1.807, 2.05) is 91.0 Å². The van der Waals surface area contributed by atoms with Crippen molar-refractivity contribution in [2.24, 2.45) is 4.99 Å². The van der Waals surface area contributed by atoms with Gasteiger partial charge in [-0.2, -0.15) is 0 Å². The first-order valence-corrected chi connectivity index (χ1v) is 11.5. The number of phenols is 1. The maximum atomic E-state index is 11.2. The van der Waals surface area contributed by atoms with Crippen LogP contribution in [-0.4, -0.2) is 20.8 Å². The van der Waals surface area contributed by atoms with Gasteiger partial charge in [-0.1, -0.05) is 72.3 Å². The zero-order valence-corrected chi connectivity index (χ0v) is 19.7. The molecule has 0 amide bonds. The second-order valence-corrected chi connectivity index (χ2v) is 8.50. The van der Waals surface area contributed by atoms with Crippen LogP contribution < -0.4 is 0 Å². The lowest BCUT2D eigenvalue weighted by Crippen LogP contribution is -2.00. The maximum Gasteiger partial charge on any atom is 0.271 e. The van der Waals surface area contributed by atoms with Crippen LogP contribution in [0.5, 0.6) is 5.75 Å². The molecule has 0 aliphatic carbocycles. The van der Waals surface area contributed by atoms with E-state index in [0.717, 1.165) is 33.8 Å². The zero-order chi connectivity index (χ0) is 25.1. The van der Waals surface area contributed by atoms with Crippen LogP contribution in [0.15, 0.2) is 114 Å². The predicted molar refractivity (Wildman–Crippen MR) is 144 cm³/mol. The van der Waals surface area contributed by atoms with Gasteiger partial charge in [0, 0.05) is 34.6 Å². The molecular formula is C29H20ClN3O3. The van der Waals surface area contributed by atoms with Gasteiger partial charge in [0.2, 0.25) is 0 Å². The van der Waals surface area contributed by atoms with Crippen molar-refractivity contribution in [3.05, 3.63) is 130 Å². The Hall–Kier alpha value is -4.68. The molecule has 5 aromatic rings. The Kier molecular flexibility index (Phi) is 6.34. The summed E-state index contributed by atoms with van der Waals surface area (Å²) in [5.41, 5.74) is 5.43. The van der Waals surface area contributed by atoms with Crippen LogP contribution in [-0.2, 0) is 0 Å². The van der Waals surface area contributed by atoms with E-state index >= 15 is 0 Å². The molecule has 0 unspecified atom stereocenters. The molecule has 0 saturated carbocycles. The summed E-state index contributed by atoms with van der Waals surface area (Å²) in [6.45, 7) is 0. The Bertz CT molecular complexity index is 1560. The molecule has 1 heterocycles. The van der Waals surface area contributed by atoms with Gasteiger partial charge in [0.1, 0.15) is 11.4 Å². The normalized spacial score (nSPS) is 11.1. The molecule has 0 radical (unpaired) electrons. The average Bonchev–Trinajstić information content (AvgIpc) is 3.29. The van der Waals surface area contributed by atoms with Crippen LogP contribution in [0.25, 0.3) is 28.2 Å². The quantitative estimate of drug-likeness (QED) is 0.149. The molecule has 6 nitrogen and oxygen atoms in total. The summed E-state index contributed by atoms with van der Waals surface area (Å²) in [4.78, 5) is 15.2. The van der Waals surface area contributed by atoms with Gasteiger partial charge in [-0.15, -0.1) is 0 Å². The molecular weight excluding hydrogens is 474 g/mol. The number of nitrogens with zero attached hydrogens (tertiary/aromatic N) is 3. The van der Waals surface area contributed by atoms with Crippen molar-refractivity contribution in [3.63, 3.8) is 0 Å². The Morgan fingerprint density at radius 2 is 1.47 bits per heavy atom. The SMILES string of the molecule is O=[N+]([O-])c1ccc(O)c(N=Cc2cc(-c3ccccc3)n(-c3ccc(Cl)cc3)c2-c2ccccc2)c1. The topological polar surface area (TPSA) is 80.7 Å². The minimum Gasteiger partial charge on any atom is -0.506 e. The first-order chi connectivity index (χ1) is 17.5. The Morgan fingerprint density at radius 3 is 2.11 bits per heavy atom. The molecule has 0 spiro atoms. The molecule has 7 heteroatoms. The van der Waals surface area contributed by atoms with Crippen LogP contribution in [0.1, 0.15) is 5.56 Å². The highest BCUT2D eigenvalue weighted by Crippen LogP contribution is 2.37. The van der Waals surface area contributed by atoms with Crippen molar-refractivity contribution in [1.29, 1.82) is 0 Å². The fourth-order valence-electron chi connectivity index (χ4n) is 4.07. The fourth-order valence-corrected chi connectivity index (χ4v) is 4.19. The number of aliphatic imine (C=N–C) groups is 1. The highest BCUT2D eigenvalue weighted by Gasteiger charge is 2.19. The summed E-state index contributed by atoms with van der Waals surface area (Å²) >= 11 is 6.18. The van der Waals surface area contributed by atoms with Crippen LogP contribution in [0, 0.1) is 10.1 Å².